The fourth-order valence-corrected chi connectivity index (χ4v) is 13.1. The number of aryl methyl sites for hydroxylation is 1. The highest BCUT2D eigenvalue weighted by molar-refractivity contribution is 6.82. The van der Waals surface area contributed by atoms with Gasteiger partial charge in [0.1, 0.15) is 5.82 Å². The summed E-state index contributed by atoms with van der Waals surface area (Å²) in [6.45, 7) is 20.9. The van der Waals surface area contributed by atoms with Crippen LogP contribution in [0.5, 0.6) is 0 Å². The molecule has 3 aromatic rings. The number of aromatic nitrogens is 2. The number of anilines is 2. The molecular weight excluding hydrogens is 408 g/mol. The van der Waals surface area contributed by atoms with E-state index in [9.17, 15) is 0 Å². The van der Waals surface area contributed by atoms with E-state index in [1.807, 2.05) is 0 Å². The molecule has 0 N–H and O–H groups in total. The highest BCUT2D eigenvalue weighted by Gasteiger charge is 2.45. The molecule has 172 valence electrons. The minimum absolute atomic E-state index is 0.673. The van der Waals surface area contributed by atoms with Crippen LogP contribution in [0.25, 0.3) is 10.9 Å². The molecule has 0 atom stereocenters. The van der Waals surface area contributed by atoms with Crippen molar-refractivity contribution in [3.05, 3.63) is 54.4 Å². The molecule has 1 aliphatic heterocycles. The normalized spacial score (nSPS) is 15.6. The monoisotopic (exact) mass is 448 g/mol. The molecule has 0 bridgehead atoms. The third-order valence-corrected chi connectivity index (χ3v) is 14.6. The summed E-state index contributed by atoms with van der Waals surface area (Å²) in [5, 5.41) is 1.27. The topological polar surface area (TPSA) is 24.3 Å². The zero-order valence-electron chi connectivity index (χ0n) is 21.0. The van der Waals surface area contributed by atoms with E-state index >= 15 is 0 Å². The average molecular weight is 449 g/mol. The van der Waals surface area contributed by atoms with Crippen molar-refractivity contribution in [3.63, 3.8) is 0 Å². The Kier molecular flexibility index (Phi) is 6.39. The first-order valence-electron chi connectivity index (χ1n) is 12.3. The van der Waals surface area contributed by atoms with Gasteiger partial charge in [0.25, 0.3) is 0 Å². The largest absolute Gasteiger partial charge is 0.373 e. The van der Waals surface area contributed by atoms with Crippen molar-refractivity contribution in [1.82, 2.24) is 9.22 Å². The second-order valence-corrected chi connectivity index (χ2v) is 16.1. The third-order valence-electron chi connectivity index (χ3n) is 7.81. The number of fused-ring (bicyclic) bond motifs is 1. The molecule has 32 heavy (non-hydrogen) atoms. The Hall–Kier alpha value is -2.27. The van der Waals surface area contributed by atoms with Crippen molar-refractivity contribution >= 4 is 30.6 Å². The highest BCUT2D eigenvalue weighted by Crippen LogP contribution is 2.44. The molecule has 0 saturated carbocycles. The van der Waals surface area contributed by atoms with Crippen molar-refractivity contribution in [2.24, 2.45) is 0 Å². The molecule has 0 amide bonds. The predicted octanol–water partition coefficient (Wildman–Crippen LogP) is 6.69. The van der Waals surface area contributed by atoms with Crippen LogP contribution in [0.3, 0.4) is 0 Å². The standard InChI is InChI=1S/C27H40N4Si/c1-20(2)32(21(3)4,22(5)6)31-13-12-24-19-28-27(18-26(24)31)30-16-14-29(15-17-30)25-11-9-8-10-23(25)7/h8-13,18-22H,14-17H2,1-7H3. The molecule has 4 nitrogen and oxygen atoms in total. The van der Waals surface area contributed by atoms with Gasteiger partial charge in [0, 0.05) is 55.0 Å². The molecular formula is C27H40N4Si. The van der Waals surface area contributed by atoms with Crippen LogP contribution in [0.4, 0.5) is 11.5 Å². The van der Waals surface area contributed by atoms with Gasteiger partial charge in [-0.15, -0.1) is 0 Å². The molecule has 1 aromatic carbocycles. The SMILES string of the molecule is Cc1ccccc1N1CCN(c2cc3c(ccn3[Si](C(C)C)(C(C)C)C(C)C)cn2)CC1. The van der Waals surface area contributed by atoms with Gasteiger partial charge >= 0.3 is 0 Å². The molecule has 0 unspecified atom stereocenters. The summed E-state index contributed by atoms with van der Waals surface area (Å²) < 4.78 is 2.71. The molecule has 5 heteroatoms. The summed E-state index contributed by atoms with van der Waals surface area (Å²) in [6, 6.07) is 13.4. The van der Waals surface area contributed by atoms with E-state index in [2.05, 4.69) is 111 Å². The van der Waals surface area contributed by atoms with E-state index in [1.165, 1.54) is 22.2 Å². The van der Waals surface area contributed by atoms with Gasteiger partial charge in [-0.1, -0.05) is 59.7 Å². The van der Waals surface area contributed by atoms with Crippen LogP contribution in [-0.4, -0.2) is 43.6 Å². The molecule has 0 radical (unpaired) electrons. The lowest BCUT2D eigenvalue weighted by atomic mass is 10.1. The zero-order valence-corrected chi connectivity index (χ0v) is 22.0. The second-order valence-electron chi connectivity index (χ2n) is 10.4. The molecule has 0 aliphatic carbocycles. The van der Waals surface area contributed by atoms with Gasteiger partial charge in [0.2, 0.25) is 0 Å². The smallest absolute Gasteiger partial charge is 0.169 e. The lowest BCUT2D eigenvalue weighted by Gasteiger charge is -2.44. The number of benzene rings is 1. The molecule has 1 saturated heterocycles. The number of para-hydroxylation sites is 1. The molecule has 1 aliphatic rings. The molecule has 4 rings (SSSR count). The number of nitrogens with zero attached hydrogens (tertiary/aromatic N) is 4. The Morgan fingerprint density at radius 3 is 2.00 bits per heavy atom. The summed E-state index contributed by atoms with van der Waals surface area (Å²) >= 11 is 0. The Morgan fingerprint density at radius 2 is 1.41 bits per heavy atom. The Bertz CT molecular complexity index is 1040. The first-order chi connectivity index (χ1) is 15.3. The van der Waals surface area contributed by atoms with E-state index in [-0.39, 0.29) is 0 Å². The molecule has 0 spiro atoms. The van der Waals surface area contributed by atoms with Gasteiger partial charge in [-0.2, -0.15) is 0 Å². The molecule has 3 heterocycles. The molecule has 1 fully saturated rings. The Morgan fingerprint density at radius 1 is 0.812 bits per heavy atom. The van der Waals surface area contributed by atoms with Gasteiger partial charge < -0.3 is 14.0 Å². The van der Waals surface area contributed by atoms with Crippen LogP contribution in [-0.2, 0) is 0 Å². The third kappa shape index (κ3) is 3.74. The van der Waals surface area contributed by atoms with E-state index in [0.29, 0.717) is 16.6 Å². The summed E-state index contributed by atoms with van der Waals surface area (Å²) in [5.41, 5.74) is 6.12. The van der Waals surface area contributed by atoms with Crippen LogP contribution in [0.1, 0.15) is 47.1 Å². The highest BCUT2D eigenvalue weighted by atomic mass is 28.3. The van der Waals surface area contributed by atoms with Crippen LogP contribution in [0.15, 0.2) is 48.8 Å². The van der Waals surface area contributed by atoms with Crippen molar-refractivity contribution < 1.29 is 0 Å². The van der Waals surface area contributed by atoms with Gasteiger partial charge in [-0.05, 0) is 47.4 Å². The van der Waals surface area contributed by atoms with Crippen molar-refractivity contribution in [3.8, 4) is 0 Å². The minimum atomic E-state index is -1.79. The second kappa shape index (κ2) is 8.93. The maximum absolute atomic E-state index is 4.89. The van der Waals surface area contributed by atoms with E-state index in [1.54, 1.807) is 0 Å². The summed E-state index contributed by atoms with van der Waals surface area (Å²) in [6.07, 6.45) is 4.45. The number of hydrogen-bond donors (Lipinski definition) is 0. The summed E-state index contributed by atoms with van der Waals surface area (Å²) in [7, 11) is -1.79. The number of rotatable bonds is 6. The zero-order chi connectivity index (χ0) is 23.0. The van der Waals surface area contributed by atoms with Crippen LogP contribution in [0.2, 0.25) is 16.6 Å². The minimum Gasteiger partial charge on any atom is -0.373 e. The Balaban J connectivity index is 1.64. The van der Waals surface area contributed by atoms with Crippen LogP contribution >= 0.6 is 0 Å². The molecule has 2 aromatic heterocycles. The first kappa shape index (κ1) is 22.9. The predicted molar refractivity (Wildman–Crippen MR) is 142 cm³/mol. The first-order valence-corrected chi connectivity index (χ1v) is 14.5. The van der Waals surface area contributed by atoms with Gasteiger partial charge in [-0.25, -0.2) is 4.98 Å². The van der Waals surface area contributed by atoms with E-state index in [0.717, 1.165) is 32.0 Å². The van der Waals surface area contributed by atoms with Crippen LogP contribution < -0.4 is 9.80 Å². The fourth-order valence-electron chi connectivity index (χ4n) is 6.46. The quantitative estimate of drug-likeness (QED) is 0.392. The summed E-state index contributed by atoms with van der Waals surface area (Å²) in [4.78, 5) is 9.87. The van der Waals surface area contributed by atoms with Gasteiger partial charge in [-0.3, -0.25) is 0 Å². The van der Waals surface area contributed by atoms with Gasteiger partial charge in [0.05, 0.1) is 0 Å². The van der Waals surface area contributed by atoms with Crippen molar-refractivity contribution in [2.75, 3.05) is 36.0 Å². The number of piperazine rings is 1. The van der Waals surface area contributed by atoms with Crippen LogP contribution in [0, 0.1) is 6.92 Å². The number of pyridine rings is 1. The summed E-state index contributed by atoms with van der Waals surface area (Å²) in [5.74, 6) is 1.13. The average Bonchev–Trinajstić information content (AvgIpc) is 3.17. The lowest BCUT2D eigenvalue weighted by Crippen LogP contribution is -2.51. The number of hydrogen-bond acceptors (Lipinski definition) is 3. The fraction of sp³-hybridized carbons (Fsp3) is 0.519. The van der Waals surface area contributed by atoms with Gasteiger partial charge in [0.15, 0.2) is 8.24 Å². The van der Waals surface area contributed by atoms with Crippen molar-refractivity contribution in [2.45, 2.75) is 65.1 Å². The van der Waals surface area contributed by atoms with Crippen molar-refractivity contribution in [1.29, 1.82) is 0 Å². The van der Waals surface area contributed by atoms with E-state index < -0.39 is 8.24 Å². The Labute approximate surface area is 195 Å². The maximum Gasteiger partial charge on any atom is 0.169 e. The van der Waals surface area contributed by atoms with E-state index in [4.69, 9.17) is 4.98 Å². The lowest BCUT2D eigenvalue weighted by molar-refractivity contribution is 0.646. The maximum atomic E-state index is 4.89.